The SMILES string of the molecule is CCCN1N=C(C)Cn2c1nc1c2c(=O)n(Cc2ccc(F)cc2)c(=O)n1C. The van der Waals surface area contributed by atoms with E-state index in [0.29, 0.717) is 35.8 Å². The summed E-state index contributed by atoms with van der Waals surface area (Å²) in [6.07, 6.45) is 0.869. The van der Waals surface area contributed by atoms with Gasteiger partial charge in [-0.3, -0.25) is 18.5 Å². The second kappa shape index (κ2) is 6.74. The Morgan fingerprint density at radius 1 is 1.18 bits per heavy atom. The smallest absolute Gasteiger partial charge is 0.297 e. The second-order valence-electron chi connectivity index (χ2n) is 6.99. The molecule has 0 bridgehead atoms. The molecule has 8 nitrogen and oxygen atoms in total. The maximum Gasteiger partial charge on any atom is 0.332 e. The van der Waals surface area contributed by atoms with Gasteiger partial charge in [-0.15, -0.1) is 0 Å². The molecule has 0 radical (unpaired) electrons. The van der Waals surface area contributed by atoms with Crippen molar-refractivity contribution in [2.75, 3.05) is 11.6 Å². The lowest BCUT2D eigenvalue weighted by molar-refractivity contribution is 0.623. The number of fused-ring (bicyclic) bond motifs is 3. The molecule has 0 saturated carbocycles. The van der Waals surface area contributed by atoms with Crippen molar-refractivity contribution < 1.29 is 4.39 Å². The van der Waals surface area contributed by atoms with Gasteiger partial charge in [0.1, 0.15) is 5.82 Å². The number of hydrazone groups is 1. The van der Waals surface area contributed by atoms with Crippen LogP contribution in [0.5, 0.6) is 0 Å². The Labute approximate surface area is 160 Å². The molecule has 0 atom stereocenters. The predicted molar refractivity (Wildman–Crippen MR) is 105 cm³/mol. The molecule has 0 amide bonds. The molecule has 0 unspecified atom stereocenters. The van der Waals surface area contributed by atoms with E-state index in [-0.39, 0.29) is 12.4 Å². The van der Waals surface area contributed by atoms with E-state index in [9.17, 15) is 14.0 Å². The third-order valence-electron chi connectivity index (χ3n) is 4.81. The van der Waals surface area contributed by atoms with Gasteiger partial charge in [0.25, 0.3) is 5.56 Å². The minimum atomic E-state index is -0.461. The first-order chi connectivity index (χ1) is 13.4. The first-order valence-electron chi connectivity index (χ1n) is 9.16. The fourth-order valence-electron chi connectivity index (χ4n) is 3.49. The lowest BCUT2D eigenvalue weighted by Gasteiger charge is -2.24. The largest absolute Gasteiger partial charge is 0.332 e. The van der Waals surface area contributed by atoms with Gasteiger partial charge in [-0.05, 0) is 31.0 Å². The van der Waals surface area contributed by atoms with Crippen molar-refractivity contribution in [2.45, 2.75) is 33.4 Å². The van der Waals surface area contributed by atoms with Crippen molar-refractivity contribution in [3.05, 3.63) is 56.5 Å². The number of rotatable bonds is 4. The van der Waals surface area contributed by atoms with Gasteiger partial charge in [0.05, 0.1) is 18.8 Å². The van der Waals surface area contributed by atoms with Crippen molar-refractivity contribution in [3.63, 3.8) is 0 Å². The Balaban J connectivity index is 1.93. The van der Waals surface area contributed by atoms with Crippen LogP contribution < -0.4 is 16.3 Å². The summed E-state index contributed by atoms with van der Waals surface area (Å²) in [5, 5.41) is 6.29. The van der Waals surface area contributed by atoms with E-state index >= 15 is 0 Å². The predicted octanol–water partition coefficient (Wildman–Crippen LogP) is 1.69. The molecule has 9 heteroatoms. The lowest BCUT2D eigenvalue weighted by atomic mass is 10.2. The van der Waals surface area contributed by atoms with Gasteiger partial charge in [-0.2, -0.15) is 10.1 Å². The summed E-state index contributed by atoms with van der Waals surface area (Å²) in [6, 6.07) is 5.76. The Morgan fingerprint density at radius 2 is 1.89 bits per heavy atom. The summed E-state index contributed by atoms with van der Waals surface area (Å²) in [4.78, 5) is 30.6. The fourth-order valence-corrected chi connectivity index (χ4v) is 3.49. The number of aryl methyl sites for hydroxylation is 1. The second-order valence-corrected chi connectivity index (χ2v) is 6.99. The lowest BCUT2D eigenvalue weighted by Crippen LogP contribution is -2.40. The van der Waals surface area contributed by atoms with Gasteiger partial charge in [-0.25, -0.2) is 14.2 Å². The maximum atomic E-state index is 13.2. The first kappa shape index (κ1) is 18.1. The molecule has 1 aliphatic rings. The van der Waals surface area contributed by atoms with Crippen LogP contribution in [0.1, 0.15) is 25.8 Å². The highest BCUT2D eigenvalue weighted by atomic mass is 19.1. The molecular formula is C19H21FN6O2. The van der Waals surface area contributed by atoms with Crippen LogP contribution in [0, 0.1) is 5.82 Å². The Hall–Kier alpha value is -3.23. The summed E-state index contributed by atoms with van der Waals surface area (Å²) in [7, 11) is 1.60. The molecule has 1 aromatic carbocycles. The van der Waals surface area contributed by atoms with Crippen LogP contribution in [0.4, 0.5) is 10.3 Å². The van der Waals surface area contributed by atoms with Crippen LogP contribution in [-0.4, -0.2) is 30.9 Å². The van der Waals surface area contributed by atoms with Crippen molar-refractivity contribution in [3.8, 4) is 0 Å². The normalized spacial score (nSPS) is 13.7. The third-order valence-corrected chi connectivity index (χ3v) is 4.81. The first-order valence-corrected chi connectivity index (χ1v) is 9.16. The molecule has 28 heavy (non-hydrogen) atoms. The fraction of sp³-hybridized carbons (Fsp3) is 0.368. The van der Waals surface area contributed by atoms with Crippen molar-refractivity contribution in [1.82, 2.24) is 18.7 Å². The van der Waals surface area contributed by atoms with Crippen LogP contribution in [0.2, 0.25) is 0 Å². The van der Waals surface area contributed by atoms with Gasteiger partial charge < -0.3 is 0 Å². The van der Waals surface area contributed by atoms with E-state index in [1.807, 2.05) is 18.4 Å². The van der Waals surface area contributed by atoms with Gasteiger partial charge in [0, 0.05) is 13.6 Å². The van der Waals surface area contributed by atoms with E-state index in [2.05, 4.69) is 10.1 Å². The average Bonchev–Trinajstić information content (AvgIpc) is 3.05. The Bertz CT molecular complexity index is 1200. The van der Waals surface area contributed by atoms with E-state index < -0.39 is 11.2 Å². The number of anilines is 1. The van der Waals surface area contributed by atoms with Crippen LogP contribution in [0.3, 0.4) is 0 Å². The van der Waals surface area contributed by atoms with Crippen molar-refractivity contribution in [2.24, 2.45) is 12.1 Å². The zero-order valence-corrected chi connectivity index (χ0v) is 16.0. The number of imidazole rings is 1. The molecule has 0 spiro atoms. The maximum absolute atomic E-state index is 13.2. The Morgan fingerprint density at radius 3 is 2.57 bits per heavy atom. The molecule has 3 aromatic rings. The molecule has 0 saturated heterocycles. The highest BCUT2D eigenvalue weighted by Crippen LogP contribution is 2.23. The molecule has 1 aliphatic heterocycles. The van der Waals surface area contributed by atoms with Gasteiger partial charge >= 0.3 is 5.69 Å². The highest BCUT2D eigenvalue weighted by Gasteiger charge is 2.26. The van der Waals surface area contributed by atoms with Gasteiger partial charge in [-0.1, -0.05) is 19.1 Å². The number of halogens is 1. The van der Waals surface area contributed by atoms with Crippen LogP contribution in [-0.2, 0) is 20.1 Å². The average molecular weight is 384 g/mol. The van der Waals surface area contributed by atoms with Gasteiger partial charge in [0.2, 0.25) is 5.95 Å². The molecule has 0 N–H and O–H groups in total. The quantitative estimate of drug-likeness (QED) is 0.686. The highest BCUT2D eigenvalue weighted by molar-refractivity contribution is 5.87. The Kier molecular flexibility index (Phi) is 4.37. The van der Waals surface area contributed by atoms with E-state index in [1.165, 1.54) is 16.7 Å². The number of benzene rings is 1. The van der Waals surface area contributed by atoms with E-state index in [0.717, 1.165) is 16.7 Å². The standard InChI is InChI=1S/C19H21FN6O2/c1-4-9-26-18-21-16-15(24(18)10-12(2)22-26)17(27)25(19(28)23(16)3)11-13-5-7-14(20)8-6-13/h5-8H,4,9-11H2,1-3H3. The number of hydrogen-bond acceptors (Lipinski definition) is 5. The summed E-state index contributed by atoms with van der Waals surface area (Å²) < 4.78 is 17.5. The molecule has 0 fully saturated rings. The number of hydrogen-bond donors (Lipinski definition) is 0. The minimum Gasteiger partial charge on any atom is -0.297 e. The van der Waals surface area contributed by atoms with Crippen molar-refractivity contribution in [1.29, 1.82) is 0 Å². The number of aromatic nitrogens is 4. The molecule has 3 heterocycles. The minimum absolute atomic E-state index is 0.0635. The van der Waals surface area contributed by atoms with Gasteiger partial charge in [0.15, 0.2) is 11.2 Å². The zero-order valence-electron chi connectivity index (χ0n) is 16.0. The molecule has 2 aromatic heterocycles. The van der Waals surface area contributed by atoms with E-state index in [4.69, 9.17) is 0 Å². The van der Waals surface area contributed by atoms with Crippen LogP contribution in [0.25, 0.3) is 11.2 Å². The molecular weight excluding hydrogens is 363 g/mol. The topological polar surface area (TPSA) is 77.4 Å². The number of nitrogens with zero attached hydrogens (tertiary/aromatic N) is 6. The third kappa shape index (κ3) is 2.83. The molecule has 146 valence electrons. The summed E-state index contributed by atoms with van der Waals surface area (Å²) in [6.45, 7) is 5.11. The molecule has 0 aliphatic carbocycles. The van der Waals surface area contributed by atoms with Crippen LogP contribution >= 0.6 is 0 Å². The summed E-state index contributed by atoms with van der Waals surface area (Å²) >= 11 is 0. The van der Waals surface area contributed by atoms with Crippen molar-refractivity contribution >= 4 is 22.8 Å². The zero-order chi connectivity index (χ0) is 20.0. The van der Waals surface area contributed by atoms with Crippen LogP contribution in [0.15, 0.2) is 39.0 Å². The summed E-state index contributed by atoms with van der Waals surface area (Å²) in [5.41, 5.74) is 1.37. The van der Waals surface area contributed by atoms with E-state index in [1.54, 1.807) is 24.2 Å². The summed E-state index contributed by atoms with van der Waals surface area (Å²) in [5.74, 6) is 0.198. The molecule has 4 rings (SSSR count). The monoisotopic (exact) mass is 384 g/mol.